The van der Waals surface area contributed by atoms with Crippen LogP contribution in [0.15, 0.2) is 47.8 Å². The molecule has 1 atom stereocenters. The summed E-state index contributed by atoms with van der Waals surface area (Å²) in [4.78, 5) is 28.6. The number of nitrogens with zero attached hydrogens (tertiary/aromatic N) is 4. The van der Waals surface area contributed by atoms with Gasteiger partial charge in [0, 0.05) is 43.0 Å². The van der Waals surface area contributed by atoms with Crippen LogP contribution in [-0.2, 0) is 17.8 Å². The highest BCUT2D eigenvalue weighted by molar-refractivity contribution is 8.00. The van der Waals surface area contributed by atoms with Gasteiger partial charge < -0.3 is 4.90 Å². The lowest BCUT2D eigenvalue weighted by atomic mass is 10.2. The van der Waals surface area contributed by atoms with E-state index in [1.54, 1.807) is 29.4 Å². The number of aromatic nitrogens is 2. The van der Waals surface area contributed by atoms with E-state index in [-0.39, 0.29) is 11.2 Å². The quantitative estimate of drug-likeness (QED) is 0.439. The molecule has 0 spiro atoms. The molecule has 0 saturated carbocycles. The second-order valence-corrected chi connectivity index (χ2v) is 9.76. The van der Waals surface area contributed by atoms with Crippen LogP contribution in [0.1, 0.15) is 24.3 Å². The van der Waals surface area contributed by atoms with Gasteiger partial charge in [0.05, 0.1) is 5.25 Å². The van der Waals surface area contributed by atoms with Gasteiger partial charge in [-0.2, -0.15) is 0 Å². The van der Waals surface area contributed by atoms with Crippen molar-refractivity contribution in [2.24, 2.45) is 0 Å². The van der Waals surface area contributed by atoms with Gasteiger partial charge in [-0.25, -0.2) is 9.97 Å². The Morgan fingerprint density at radius 3 is 2.66 bits per heavy atom. The molecule has 3 heterocycles. The van der Waals surface area contributed by atoms with Crippen LogP contribution in [0, 0.1) is 0 Å². The number of amides is 1. The number of thioether (sulfide) groups is 1. The Bertz CT molecular complexity index is 967. The molecule has 0 radical (unpaired) electrons. The Morgan fingerprint density at radius 2 is 1.93 bits per heavy atom. The number of aryl methyl sites for hydroxylation is 1. The number of hydrogen-bond donors (Lipinski definition) is 0. The van der Waals surface area contributed by atoms with E-state index in [9.17, 15) is 4.79 Å². The SMILES string of the molecule is CCc1cc2c(SC(C)C(=O)N3CCN(Cc4ccccc4)CC3)ncnc2s1. The number of fused-ring (bicyclic) bond motifs is 1. The van der Waals surface area contributed by atoms with Crippen molar-refractivity contribution in [1.29, 1.82) is 0 Å². The Balaban J connectivity index is 1.35. The molecular formula is C22H26N4OS2. The second kappa shape index (κ2) is 9.24. The first-order chi connectivity index (χ1) is 14.1. The van der Waals surface area contributed by atoms with E-state index in [0.29, 0.717) is 0 Å². The molecule has 1 aromatic carbocycles. The van der Waals surface area contributed by atoms with Gasteiger partial charge >= 0.3 is 0 Å². The minimum atomic E-state index is -0.154. The smallest absolute Gasteiger partial charge is 0.235 e. The first-order valence-corrected chi connectivity index (χ1v) is 11.8. The summed E-state index contributed by atoms with van der Waals surface area (Å²) < 4.78 is 0. The van der Waals surface area contributed by atoms with Crippen molar-refractivity contribution >= 4 is 39.2 Å². The van der Waals surface area contributed by atoms with Crippen LogP contribution >= 0.6 is 23.1 Å². The highest BCUT2D eigenvalue weighted by Crippen LogP contribution is 2.33. The lowest BCUT2D eigenvalue weighted by Crippen LogP contribution is -2.50. The summed E-state index contributed by atoms with van der Waals surface area (Å²) in [5.41, 5.74) is 1.33. The molecule has 2 aromatic heterocycles. The number of rotatable bonds is 6. The van der Waals surface area contributed by atoms with E-state index >= 15 is 0 Å². The maximum Gasteiger partial charge on any atom is 0.235 e. The van der Waals surface area contributed by atoms with Crippen LogP contribution in [0.4, 0.5) is 0 Å². The van der Waals surface area contributed by atoms with Gasteiger partial charge in [-0.3, -0.25) is 9.69 Å². The summed E-state index contributed by atoms with van der Waals surface area (Å²) in [5.74, 6) is 0.201. The predicted octanol–water partition coefficient (Wildman–Crippen LogP) is 4.08. The molecule has 4 rings (SSSR count). The number of thiophene rings is 1. The van der Waals surface area contributed by atoms with Crippen LogP contribution in [0.2, 0.25) is 0 Å². The van der Waals surface area contributed by atoms with Crippen LogP contribution < -0.4 is 0 Å². The predicted molar refractivity (Wildman–Crippen MR) is 120 cm³/mol. The van der Waals surface area contributed by atoms with E-state index in [4.69, 9.17) is 0 Å². The first-order valence-electron chi connectivity index (χ1n) is 10.1. The van der Waals surface area contributed by atoms with Gasteiger partial charge in [-0.1, -0.05) is 49.0 Å². The fourth-order valence-corrected chi connectivity index (χ4v) is 5.57. The molecule has 152 valence electrons. The van der Waals surface area contributed by atoms with Crippen molar-refractivity contribution in [3.8, 4) is 0 Å². The van der Waals surface area contributed by atoms with Gasteiger partial charge in [0.2, 0.25) is 5.91 Å². The summed E-state index contributed by atoms with van der Waals surface area (Å²) in [6, 6.07) is 12.7. The van der Waals surface area contributed by atoms with Crippen molar-refractivity contribution in [2.45, 2.75) is 37.1 Å². The number of carbonyl (C=O) groups is 1. The zero-order valence-electron chi connectivity index (χ0n) is 16.9. The molecular weight excluding hydrogens is 400 g/mol. The third-order valence-electron chi connectivity index (χ3n) is 5.26. The van der Waals surface area contributed by atoms with Gasteiger partial charge in [-0.05, 0) is 25.0 Å². The molecule has 1 aliphatic heterocycles. The Labute approximate surface area is 180 Å². The van der Waals surface area contributed by atoms with Crippen molar-refractivity contribution < 1.29 is 4.79 Å². The molecule has 1 unspecified atom stereocenters. The maximum atomic E-state index is 13.0. The number of benzene rings is 1. The second-order valence-electron chi connectivity index (χ2n) is 7.31. The Kier molecular flexibility index (Phi) is 6.47. The van der Waals surface area contributed by atoms with E-state index in [0.717, 1.165) is 54.4 Å². The van der Waals surface area contributed by atoms with E-state index in [1.807, 2.05) is 17.9 Å². The van der Waals surface area contributed by atoms with Crippen molar-refractivity contribution in [2.75, 3.05) is 26.2 Å². The zero-order chi connectivity index (χ0) is 20.2. The van der Waals surface area contributed by atoms with E-state index in [2.05, 4.69) is 52.1 Å². The van der Waals surface area contributed by atoms with Gasteiger partial charge in [0.1, 0.15) is 16.2 Å². The molecule has 7 heteroatoms. The average Bonchev–Trinajstić information content (AvgIpc) is 3.19. The standard InChI is InChI=1S/C22H26N4OS2/c1-3-18-13-19-20(23-15-24-21(19)29-18)28-16(2)22(27)26-11-9-25(10-12-26)14-17-7-5-4-6-8-17/h4-8,13,15-16H,3,9-12,14H2,1-2H3. The zero-order valence-corrected chi connectivity index (χ0v) is 18.5. The molecule has 1 amide bonds. The van der Waals surface area contributed by atoms with Crippen LogP contribution in [0.3, 0.4) is 0 Å². The molecule has 0 N–H and O–H groups in total. The largest absolute Gasteiger partial charge is 0.339 e. The molecule has 0 bridgehead atoms. The number of piperazine rings is 1. The maximum absolute atomic E-state index is 13.0. The van der Waals surface area contributed by atoms with Gasteiger partial charge in [0.25, 0.3) is 0 Å². The van der Waals surface area contributed by atoms with Gasteiger partial charge in [-0.15, -0.1) is 11.3 Å². The Hall–Kier alpha value is -1.96. The number of hydrogen-bond acceptors (Lipinski definition) is 6. The lowest BCUT2D eigenvalue weighted by Gasteiger charge is -2.35. The monoisotopic (exact) mass is 426 g/mol. The van der Waals surface area contributed by atoms with Crippen LogP contribution in [0.25, 0.3) is 10.2 Å². The topological polar surface area (TPSA) is 49.3 Å². The van der Waals surface area contributed by atoms with E-state index < -0.39 is 0 Å². The third-order valence-corrected chi connectivity index (χ3v) is 7.55. The highest BCUT2D eigenvalue weighted by Gasteiger charge is 2.26. The third kappa shape index (κ3) is 4.79. The highest BCUT2D eigenvalue weighted by atomic mass is 32.2. The van der Waals surface area contributed by atoms with Crippen molar-refractivity contribution in [3.63, 3.8) is 0 Å². The molecule has 1 saturated heterocycles. The number of carbonyl (C=O) groups excluding carboxylic acids is 1. The minimum absolute atomic E-state index is 0.154. The fraction of sp³-hybridized carbons (Fsp3) is 0.409. The van der Waals surface area contributed by atoms with Gasteiger partial charge in [0.15, 0.2) is 0 Å². The van der Waals surface area contributed by atoms with Crippen LogP contribution in [-0.4, -0.2) is 57.1 Å². The molecule has 29 heavy (non-hydrogen) atoms. The molecule has 1 aliphatic rings. The summed E-state index contributed by atoms with van der Waals surface area (Å²) in [6.45, 7) is 8.49. The summed E-state index contributed by atoms with van der Waals surface area (Å²) in [5, 5.41) is 1.83. The molecule has 3 aromatic rings. The lowest BCUT2D eigenvalue weighted by molar-refractivity contribution is -0.132. The Morgan fingerprint density at radius 1 is 1.17 bits per heavy atom. The van der Waals surface area contributed by atoms with E-state index in [1.165, 1.54) is 10.4 Å². The first kappa shape index (κ1) is 20.3. The molecule has 1 fully saturated rings. The average molecular weight is 427 g/mol. The normalized spacial score (nSPS) is 16.3. The summed E-state index contributed by atoms with van der Waals surface area (Å²) in [7, 11) is 0. The minimum Gasteiger partial charge on any atom is -0.339 e. The molecule has 0 aliphatic carbocycles. The summed E-state index contributed by atoms with van der Waals surface area (Å²) >= 11 is 3.26. The summed E-state index contributed by atoms with van der Waals surface area (Å²) in [6.07, 6.45) is 2.60. The van der Waals surface area contributed by atoms with Crippen LogP contribution in [0.5, 0.6) is 0 Å². The fourth-order valence-electron chi connectivity index (χ4n) is 3.59. The van der Waals surface area contributed by atoms with Crippen molar-refractivity contribution in [3.05, 3.63) is 53.2 Å². The molecule has 5 nitrogen and oxygen atoms in total. The van der Waals surface area contributed by atoms with Crippen molar-refractivity contribution in [1.82, 2.24) is 19.8 Å².